The van der Waals surface area contributed by atoms with Gasteiger partial charge in [-0.15, -0.1) is 0 Å². The fourth-order valence-electron chi connectivity index (χ4n) is 2.92. The minimum Gasteiger partial charge on any atom is -0.366 e. The van der Waals surface area contributed by atoms with Crippen LogP contribution in [0.4, 0.5) is 5.69 Å². The predicted molar refractivity (Wildman–Crippen MR) is 101 cm³/mol. The molecule has 0 unspecified atom stereocenters. The van der Waals surface area contributed by atoms with Crippen molar-refractivity contribution in [2.45, 2.75) is 20.3 Å². The highest BCUT2D eigenvalue weighted by molar-refractivity contribution is 6.06. The third-order valence-electron chi connectivity index (χ3n) is 4.30. The van der Waals surface area contributed by atoms with Crippen molar-refractivity contribution in [1.29, 1.82) is 0 Å². The highest BCUT2D eigenvalue weighted by atomic mass is 16.2. The van der Waals surface area contributed by atoms with E-state index in [1.165, 1.54) is 0 Å². The molecule has 6 nitrogen and oxygen atoms in total. The Morgan fingerprint density at radius 3 is 2.46 bits per heavy atom. The maximum Gasteiger partial charge on any atom is 0.259 e. The van der Waals surface area contributed by atoms with E-state index < -0.39 is 5.91 Å². The fraction of sp³-hybridized carbons (Fsp3) is 0.150. The number of benzene rings is 2. The van der Waals surface area contributed by atoms with E-state index >= 15 is 0 Å². The molecule has 6 heteroatoms. The molecule has 2 aromatic carbocycles. The molecule has 26 heavy (non-hydrogen) atoms. The number of carbonyl (C=O) groups excluding carboxylic acids is 2. The summed E-state index contributed by atoms with van der Waals surface area (Å²) in [6.45, 7) is 3.73. The molecule has 0 spiro atoms. The van der Waals surface area contributed by atoms with Crippen LogP contribution < -0.4 is 11.1 Å². The van der Waals surface area contributed by atoms with Crippen molar-refractivity contribution in [3.63, 3.8) is 0 Å². The summed E-state index contributed by atoms with van der Waals surface area (Å²) in [7, 11) is 0. The quantitative estimate of drug-likeness (QED) is 0.742. The first-order valence-corrected chi connectivity index (χ1v) is 8.36. The molecule has 3 rings (SSSR count). The lowest BCUT2D eigenvalue weighted by Crippen LogP contribution is -2.17. The summed E-state index contributed by atoms with van der Waals surface area (Å²) in [4.78, 5) is 24.3. The number of amides is 2. The molecule has 0 aliphatic carbocycles. The van der Waals surface area contributed by atoms with Gasteiger partial charge < -0.3 is 11.1 Å². The van der Waals surface area contributed by atoms with Crippen LogP contribution in [0.5, 0.6) is 0 Å². The third kappa shape index (κ3) is 3.21. The largest absolute Gasteiger partial charge is 0.366 e. The van der Waals surface area contributed by atoms with Gasteiger partial charge in [0.1, 0.15) is 0 Å². The Bertz CT molecular complexity index is 961. The Kier molecular flexibility index (Phi) is 4.84. The number of primary amides is 1. The minimum absolute atomic E-state index is 0.270. The third-order valence-corrected chi connectivity index (χ3v) is 4.30. The second kappa shape index (κ2) is 7.23. The maximum absolute atomic E-state index is 12.8. The molecule has 0 saturated carbocycles. The van der Waals surface area contributed by atoms with E-state index in [-0.39, 0.29) is 5.91 Å². The Morgan fingerprint density at radius 2 is 1.81 bits per heavy atom. The second-order valence-corrected chi connectivity index (χ2v) is 5.90. The minimum atomic E-state index is -0.523. The molecule has 0 aliphatic rings. The van der Waals surface area contributed by atoms with E-state index in [0.29, 0.717) is 28.8 Å². The number of nitrogens with two attached hydrogens (primary N) is 1. The zero-order valence-electron chi connectivity index (χ0n) is 14.7. The topological polar surface area (TPSA) is 90.0 Å². The smallest absolute Gasteiger partial charge is 0.259 e. The summed E-state index contributed by atoms with van der Waals surface area (Å²) in [5.74, 6) is -0.793. The van der Waals surface area contributed by atoms with Crippen LogP contribution in [-0.2, 0) is 6.42 Å². The first-order chi connectivity index (χ1) is 12.5. The Labute approximate surface area is 151 Å². The predicted octanol–water partition coefficient (Wildman–Crippen LogP) is 3.09. The van der Waals surface area contributed by atoms with Gasteiger partial charge >= 0.3 is 0 Å². The molecule has 0 radical (unpaired) electrons. The highest BCUT2D eigenvalue weighted by Gasteiger charge is 2.18. The summed E-state index contributed by atoms with van der Waals surface area (Å²) < 4.78 is 1.77. The van der Waals surface area contributed by atoms with Crippen LogP contribution in [0.15, 0.2) is 54.7 Å². The Morgan fingerprint density at radius 1 is 1.08 bits per heavy atom. The summed E-state index contributed by atoms with van der Waals surface area (Å²) in [6, 6.07) is 14.7. The lowest BCUT2D eigenvalue weighted by Gasteiger charge is -2.11. The Hall–Kier alpha value is -3.41. The molecule has 3 aromatic rings. The number of aromatic nitrogens is 2. The molecule has 2 amide bonds. The molecule has 132 valence electrons. The molecule has 1 heterocycles. The van der Waals surface area contributed by atoms with Gasteiger partial charge in [-0.05, 0) is 43.2 Å². The maximum atomic E-state index is 12.8. The Balaban J connectivity index is 1.94. The normalized spacial score (nSPS) is 10.5. The van der Waals surface area contributed by atoms with Crippen molar-refractivity contribution < 1.29 is 9.59 Å². The van der Waals surface area contributed by atoms with Crippen LogP contribution in [0.1, 0.15) is 38.9 Å². The number of hydrogen-bond acceptors (Lipinski definition) is 3. The average Bonchev–Trinajstić information content (AvgIpc) is 3.08. The average molecular weight is 348 g/mol. The van der Waals surface area contributed by atoms with Gasteiger partial charge in [0, 0.05) is 11.3 Å². The monoisotopic (exact) mass is 348 g/mol. The molecule has 3 N–H and O–H groups in total. The van der Waals surface area contributed by atoms with Crippen LogP contribution in [0.2, 0.25) is 0 Å². The first kappa shape index (κ1) is 17.4. The van der Waals surface area contributed by atoms with Crippen LogP contribution in [0.25, 0.3) is 5.69 Å². The van der Waals surface area contributed by atoms with E-state index in [4.69, 9.17) is 5.73 Å². The molecule has 0 saturated heterocycles. The van der Waals surface area contributed by atoms with Gasteiger partial charge in [-0.3, -0.25) is 9.59 Å². The SMILES string of the molecule is CCc1c(C(=O)Nc2cccc(C(N)=O)c2C)cnn1-c1ccccc1. The first-order valence-electron chi connectivity index (χ1n) is 8.36. The van der Waals surface area contributed by atoms with E-state index in [1.54, 1.807) is 36.0 Å². The van der Waals surface area contributed by atoms with Crippen LogP contribution in [0, 0.1) is 6.92 Å². The standard InChI is InChI=1S/C20H20N4O2/c1-3-18-16(12-22-24(18)14-8-5-4-6-9-14)20(26)23-17-11-7-10-15(13(17)2)19(21)25/h4-12H,3H2,1-2H3,(H2,21,25)(H,23,26). The molecular weight excluding hydrogens is 328 g/mol. The highest BCUT2D eigenvalue weighted by Crippen LogP contribution is 2.21. The van der Waals surface area contributed by atoms with Crippen molar-refractivity contribution in [2.24, 2.45) is 5.73 Å². The molecular formula is C20H20N4O2. The van der Waals surface area contributed by atoms with Gasteiger partial charge in [0.2, 0.25) is 5.91 Å². The van der Waals surface area contributed by atoms with Gasteiger partial charge in [-0.1, -0.05) is 31.2 Å². The summed E-state index contributed by atoms with van der Waals surface area (Å²) in [6.07, 6.45) is 2.21. The van der Waals surface area contributed by atoms with Crippen molar-refractivity contribution in [1.82, 2.24) is 9.78 Å². The van der Waals surface area contributed by atoms with E-state index in [2.05, 4.69) is 10.4 Å². The zero-order chi connectivity index (χ0) is 18.7. The molecule has 0 bridgehead atoms. The van der Waals surface area contributed by atoms with Gasteiger partial charge in [0.05, 0.1) is 23.1 Å². The number of hydrogen-bond donors (Lipinski definition) is 2. The van der Waals surface area contributed by atoms with Gasteiger partial charge in [0.15, 0.2) is 0 Å². The van der Waals surface area contributed by atoms with Gasteiger partial charge in [-0.25, -0.2) is 4.68 Å². The van der Waals surface area contributed by atoms with E-state index in [9.17, 15) is 9.59 Å². The summed E-state index contributed by atoms with van der Waals surface area (Å²) >= 11 is 0. The van der Waals surface area contributed by atoms with Gasteiger partial charge in [0.25, 0.3) is 5.91 Å². The van der Waals surface area contributed by atoms with Crippen molar-refractivity contribution in [3.05, 3.63) is 77.1 Å². The molecule has 0 fully saturated rings. The van der Waals surface area contributed by atoms with E-state index in [1.807, 2.05) is 37.3 Å². The van der Waals surface area contributed by atoms with Gasteiger partial charge in [-0.2, -0.15) is 5.10 Å². The number of nitrogens with zero attached hydrogens (tertiary/aromatic N) is 2. The second-order valence-electron chi connectivity index (χ2n) is 5.90. The summed E-state index contributed by atoms with van der Waals surface area (Å²) in [5.41, 5.74) is 9.17. The molecule has 0 aliphatic heterocycles. The fourth-order valence-corrected chi connectivity index (χ4v) is 2.92. The zero-order valence-corrected chi connectivity index (χ0v) is 14.7. The lowest BCUT2D eigenvalue weighted by atomic mass is 10.1. The van der Waals surface area contributed by atoms with Crippen molar-refractivity contribution >= 4 is 17.5 Å². The van der Waals surface area contributed by atoms with Crippen molar-refractivity contribution in [2.75, 3.05) is 5.32 Å². The van der Waals surface area contributed by atoms with Crippen LogP contribution >= 0.6 is 0 Å². The number of anilines is 1. The number of para-hydroxylation sites is 1. The molecule has 0 atom stereocenters. The number of nitrogens with one attached hydrogen (secondary N) is 1. The van der Waals surface area contributed by atoms with Crippen LogP contribution in [-0.4, -0.2) is 21.6 Å². The lowest BCUT2D eigenvalue weighted by molar-refractivity contribution is 0.0995. The number of rotatable bonds is 5. The summed E-state index contributed by atoms with van der Waals surface area (Å²) in [5, 5.41) is 7.23. The number of carbonyl (C=O) groups is 2. The molecule has 1 aromatic heterocycles. The van der Waals surface area contributed by atoms with Crippen molar-refractivity contribution in [3.8, 4) is 5.69 Å². The van der Waals surface area contributed by atoms with Crippen LogP contribution in [0.3, 0.4) is 0 Å². The van der Waals surface area contributed by atoms with E-state index in [0.717, 1.165) is 11.4 Å².